The van der Waals surface area contributed by atoms with Crippen LogP contribution in [0.15, 0.2) is 29.2 Å². The van der Waals surface area contributed by atoms with Gasteiger partial charge in [-0.05, 0) is 31.4 Å². The maximum absolute atomic E-state index is 12.7. The Balaban J connectivity index is 1.43. The molecule has 1 saturated carbocycles. The number of hydrogen-bond acceptors (Lipinski definition) is 4. The molecule has 5 nitrogen and oxygen atoms in total. The number of amides is 2. The monoisotopic (exact) mass is 346 g/mol. The quantitative estimate of drug-likeness (QED) is 0.843. The van der Waals surface area contributed by atoms with Gasteiger partial charge in [-0.1, -0.05) is 12.1 Å². The summed E-state index contributed by atoms with van der Waals surface area (Å²) in [6, 6.07) is 8.17. The summed E-state index contributed by atoms with van der Waals surface area (Å²) in [6.45, 7) is 1.78. The van der Waals surface area contributed by atoms with Gasteiger partial charge in [-0.3, -0.25) is 9.59 Å². The predicted octanol–water partition coefficient (Wildman–Crippen LogP) is 2.30. The maximum atomic E-state index is 12.7. The van der Waals surface area contributed by atoms with Gasteiger partial charge in [0.1, 0.15) is 0 Å². The normalized spacial score (nSPS) is 26.2. The minimum absolute atomic E-state index is 0.0900. The summed E-state index contributed by atoms with van der Waals surface area (Å²) >= 11 is 1.57. The number of thioether (sulfide) groups is 1. The molecule has 4 rings (SSSR count). The topological polar surface area (TPSA) is 49.9 Å². The molecule has 24 heavy (non-hydrogen) atoms. The summed E-state index contributed by atoms with van der Waals surface area (Å²) in [5.41, 5.74) is 0.937. The highest BCUT2D eigenvalue weighted by molar-refractivity contribution is 8.00. The van der Waals surface area contributed by atoms with Gasteiger partial charge in [0, 0.05) is 24.4 Å². The van der Waals surface area contributed by atoms with E-state index < -0.39 is 0 Å². The third-order valence-electron chi connectivity index (χ3n) is 5.16. The summed E-state index contributed by atoms with van der Waals surface area (Å²) in [5.74, 6) is 0.693. The van der Waals surface area contributed by atoms with Gasteiger partial charge in [-0.25, -0.2) is 0 Å². The van der Waals surface area contributed by atoms with Gasteiger partial charge in [0.25, 0.3) is 0 Å². The van der Waals surface area contributed by atoms with Crippen LogP contribution in [0.5, 0.6) is 0 Å². The molecule has 2 aliphatic heterocycles. The minimum atomic E-state index is 0.0900. The van der Waals surface area contributed by atoms with Crippen molar-refractivity contribution in [2.45, 2.75) is 42.7 Å². The van der Waals surface area contributed by atoms with Crippen LogP contribution < -0.4 is 4.90 Å². The second kappa shape index (κ2) is 6.76. The molecular formula is C18H22N2O3S. The molecule has 0 unspecified atom stereocenters. The van der Waals surface area contributed by atoms with Crippen molar-refractivity contribution in [1.29, 1.82) is 0 Å². The Hall–Kier alpha value is -1.53. The number of morpholine rings is 1. The Labute approximate surface area is 146 Å². The number of anilines is 1. The Bertz CT molecular complexity index is 651. The number of carbonyl (C=O) groups excluding carboxylic acids is 2. The number of ether oxygens (including phenoxy) is 1. The number of fused-ring (bicyclic) bond motifs is 2. The van der Waals surface area contributed by atoms with Crippen molar-refractivity contribution in [1.82, 2.24) is 4.90 Å². The van der Waals surface area contributed by atoms with E-state index in [1.54, 1.807) is 16.7 Å². The number of rotatable bonds is 3. The van der Waals surface area contributed by atoms with E-state index >= 15 is 0 Å². The molecule has 1 aromatic carbocycles. The third-order valence-corrected chi connectivity index (χ3v) is 6.21. The highest BCUT2D eigenvalue weighted by atomic mass is 32.2. The van der Waals surface area contributed by atoms with Crippen molar-refractivity contribution in [2.24, 2.45) is 0 Å². The lowest BCUT2D eigenvalue weighted by atomic mass is 10.1. The lowest BCUT2D eigenvalue weighted by molar-refractivity contribution is -0.143. The smallest absolute Gasteiger partial charge is 0.237 e. The summed E-state index contributed by atoms with van der Waals surface area (Å²) in [4.78, 5) is 29.9. The first-order valence-electron chi connectivity index (χ1n) is 8.67. The van der Waals surface area contributed by atoms with Crippen LogP contribution in [0.4, 0.5) is 5.69 Å². The molecule has 0 radical (unpaired) electrons. The minimum Gasteiger partial charge on any atom is -0.374 e. The molecule has 0 spiro atoms. The molecule has 2 atom stereocenters. The van der Waals surface area contributed by atoms with Crippen LogP contribution in [0.25, 0.3) is 0 Å². The van der Waals surface area contributed by atoms with Gasteiger partial charge in [-0.15, -0.1) is 11.8 Å². The average molecular weight is 346 g/mol. The fraction of sp³-hybridized carbons (Fsp3) is 0.556. The molecule has 2 heterocycles. The van der Waals surface area contributed by atoms with Crippen LogP contribution in [0.3, 0.4) is 0 Å². The van der Waals surface area contributed by atoms with Crippen molar-refractivity contribution < 1.29 is 14.3 Å². The van der Waals surface area contributed by atoms with E-state index in [1.807, 2.05) is 29.2 Å². The SMILES string of the molecule is O=C1CSc2ccccc2N1CCC(=O)N1CCO[C@@H]2CCC[C@@H]21. The molecule has 6 heteroatoms. The first kappa shape index (κ1) is 16.0. The van der Waals surface area contributed by atoms with E-state index in [2.05, 4.69) is 0 Å². The van der Waals surface area contributed by atoms with Crippen LogP contribution in [0, 0.1) is 0 Å². The van der Waals surface area contributed by atoms with Gasteiger partial charge < -0.3 is 14.5 Å². The number of nitrogens with zero attached hydrogens (tertiary/aromatic N) is 2. The first-order chi connectivity index (χ1) is 11.7. The van der Waals surface area contributed by atoms with Crippen LogP contribution >= 0.6 is 11.8 Å². The Morgan fingerprint density at radius 2 is 2.17 bits per heavy atom. The molecule has 1 aromatic rings. The zero-order chi connectivity index (χ0) is 16.5. The van der Waals surface area contributed by atoms with Crippen molar-refractivity contribution in [2.75, 3.05) is 30.3 Å². The van der Waals surface area contributed by atoms with Gasteiger partial charge in [0.05, 0.1) is 30.2 Å². The van der Waals surface area contributed by atoms with Crippen LogP contribution in [0.1, 0.15) is 25.7 Å². The maximum Gasteiger partial charge on any atom is 0.237 e. The third kappa shape index (κ3) is 2.93. The number of hydrogen-bond donors (Lipinski definition) is 0. The van der Waals surface area contributed by atoms with Gasteiger partial charge in [-0.2, -0.15) is 0 Å². The number of carbonyl (C=O) groups is 2. The van der Waals surface area contributed by atoms with E-state index in [0.717, 1.165) is 29.8 Å². The molecule has 2 fully saturated rings. The van der Waals surface area contributed by atoms with E-state index in [1.165, 1.54) is 0 Å². The highest BCUT2D eigenvalue weighted by Crippen LogP contribution is 2.35. The van der Waals surface area contributed by atoms with Crippen molar-refractivity contribution in [3.05, 3.63) is 24.3 Å². The van der Waals surface area contributed by atoms with Gasteiger partial charge >= 0.3 is 0 Å². The molecule has 1 saturated heterocycles. The summed E-state index contributed by atoms with van der Waals surface area (Å²) in [7, 11) is 0. The van der Waals surface area contributed by atoms with Gasteiger partial charge in [0.2, 0.25) is 11.8 Å². The summed E-state index contributed by atoms with van der Waals surface area (Å²) in [6.07, 6.45) is 3.83. The first-order valence-corrected chi connectivity index (χ1v) is 9.66. The summed E-state index contributed by atoms with van der Waals surface area (Å²) in [5, 5.41) is 0. The van der Waals surface area contributed by atoms with E-state index in [-0.39, 0.29) is 24.0 Å². The number of benzene rings is 1. The molecule has 0 N–H and O–H groups in total. The lowest BCUT2D eigenvalue weighted by Gasteiger charge is -2.38. The average Bonchev–Trinajstić information content (AvgIpc) is 3.09. The van der Waals surface area contributed by atoms with Gasteiger partial charge in [0.15, 0.2) is 0 Å². The fourth-order valence-corrected chi connectivity index (χ4v) is 4.92. The Morgan fingerprint density at radius 3 is 3.08 bits per heavy atom. The zero-order valence-electron chi connectivity index (χ0n) is 13.6. The Morgan fingerprint density at radius 1 is 1.29 bits per heavy atom. The zero-order valence-corrected chi connectivity index (χ0v) is 14.5. The Kier molecular flexibility index (Phi) is 4.50. The highest BCUT2D eigenvalue weighted by Gasteiger charge is 2.38. The standard InChI is InChI=1S/C18H22N2O3S/c21-17(20-10-11-23-15-6-3-5-13(15)20)8-9-19-14-4-1-2-7-16(14)24-12-18(19)22/h1-2,4,7,13,15H,3,5-6,8-12H2/t13-,15+/m0/s1. The fourth-order valence-electron chi connectivity index (χ4n) is 3.99. The van der Waals surface area contributed by atoms with Crippen LogP contribution in [-0.2, 0) is 14.3 Å². The van der Waals surface area contributed by atoms with E-state index in [9.17, 15) is 9.59 Å². The second-order valence-corrected chi connectivity index (χ2v) is 7.56. The molecule has 128 valence electrons. The number of para-hydroxylation sites is 1. The molecular weight excluding hydrogens is 324 g/mol. The predicted molar refractivity (Wildman–Crippen MR) is 93.2 cm³/mol. The largest absolute Gasteiger partial charge is 0.374 e. The summed E-state index contributed by atoms with van der Waals surface area (Å²) < 4.78 is 5.78. The van der Waals surface area contributed by atoms with Crippen molar-refractivity contribution in [3.8, 4) is 0 Å². The van der Waals surface area contributed by atoms with Crippen LogP contribution in [-0.4, -0.2) is 54.3 Å². The lowest BCUT2D eigenvalue weighted by Crippen LogP contribution is -2.52. The molecule has 0 aromatic heterocycles. The van der Waals surface area contributed by atoms with Crippen LogP contribution in [0.2, 0.25) is 0 Å². The van der Waals surface area contributed by atoms with Crippen molar-refractivity contribution in [3.63, 3.8) is 0 Å². The van der Waals surface area contributed by atoms with E-state index in [4.69, 9.17) is 4.74 Å². The van der Waals surface area contributed by atoms with E-state index in [0.29, 0.717) is 31.9 Å². The van der Waals surface area contributed by atoms with Crippen molar-refractivity contribution >= 4 is 29.3 Å². The second-order valence-electron chi connectivity index (χ2n) is 6.55. The molecule has 2 amide bonds. The molecule has 0 bridgehead atoms. The molecule has 1 aliphatic carbocycles. The molecule has 3 aliphatic rings.